The van der Waals surface area contributed by atoms with Gasteiger partial charge in [-0.15, -0.1) is 0 Å². The first-order chi connectivity index (χ1) is 6.63. The average Bonchev–Trinajstić information content (AvgIpc) is 2.14. The third-order valence-electron chi connectivity index (χ3n) is 1.81. The molecule has 74 valence electrons. The van der Waals surface area contributed by atoms with Crippen LogP contribution in [-0.2, 0) is 0 Å². The maximum absolute atomic E-state index is 8.99. The molecule has 0 saturated heterocycles. The van der Waals surface area contributed by atoms with Crippen LogP contribution in [0.4, 0.5) is 0 Å². The molecule has 1 N–H and O–H groups in total. The second-order valence-corrected chi connectivity index (χ2v) is 4.35. The van der Waals surface area contributed by atoms with E-state index in [1.807, 2.05) is 38.1 Å². The van der Waals surface area contributed by atoms with Crippen molar-refractivity contribution >= 4 is 15.9 Å². The highest BCUT2D eigenvalue weighted by Crippen LogP contribution is 2.18. The molecule has 0 aliphatic rings. The molecule has 3 heteroatoms. The highest BCUT2D eigenvalue weighted by Gasteiger charge is 2.10. The maximum Gasteiger partial charge on any atom is 0.121 e. The number of nitrogens with one attached hydrogen (secondary N) is 1. The molecule has 1 unspecified atom stereocenters. The van der Waals surface area contributed by atoms with Crippen molar-refractivity contribution in [2.75, 3.05) is 0 Å². The van der Waals surface area contributed by atoms with Gasteiger partial charge in [-0.1, -0.05) is 28.1 Å². The van der Waals surface area contributed by atoms with Gasteiger partial charge in [-0.25, -0.2) is 0 Å². The summed E-state index contributed by atoms with van der Waals surface area (Å²) in [7, 11) is 0. The fourth-order valence-corrected chi connectivity index (χ4v) is 1.64. The van der Waals surface area contributed by atoms with Gasteiger partial charge >= 0.3 is 0 Å². The van der Waals surface area contributed by atoms with Gasteiger partial charge in [0.25, 0.3) is 0 Å². The lowest BCUT2D eigenvalue weighted by Crippen LogP contribution is -2.27. The van der Waals surface area contributed by atoms with Crippen molar-refractivity contribution in [3.8, 4) is 6.07 Å². The molecule has 0 saturated carbocycles. The lowest BCUT2D eigenvalue weighted by molar-refractivity contribution is 0.546. The Morgan fingerprint density at radius 3 is 2.64 bits per heavy atom. The van der Waals surface area contributed by atoms with Crippen molar-refractivity contribution in [1.29, 1.82) is 5.26 Å². The van der Waals surface area contributed by atoms with Crippen molar-refractivity contribution in [3.05, 3.63) is 34.3 Å². The highest BCUT2D eigenvalue weighted by atomic mass is 79.9. The summed E-state index contributed by atoms with van der Waals surface area (Å²) in [6.45, 7) is 4.06. The first kappa shape index (κ1) is 11.2. The Kier molecular flexibility index (Phi) is 4.12. The van der Waals surface area contributed by atoms with Crippen molar-refractivity contribution in [2.45, 2.75) is 25.9 Å². The summed E-state index contributed by atoms with van der Waals surface area (Å²) in [6, 6.07) is 10.1. The predicted octanol–water partition coefficient (Wildman–Crippen LogP) is 3.01. The Labute approximate surface area is 93.1 Å². The summed E-state index contributed by atoms with van der Waals surface area (Å²) in [5, 5.41) is 12.2. The molecule has 0 aliphatic heterocycles. The Morgan fingerprint density at radius 2 is 2.14 bits per heavy atom. The van der Waals surface area contributed by atoms with Gasteiger partial charge in [0.15, 0.2) is 0 Å². The lowest BCUT2D eigenvalue weighted by atomic mass is 10.1. The molecule has 1 aromatic carbocycles. The number of nitrogens with zero attached hydrogens (tertiary/aromatic N) is 1. The van der Waals surface area contributed by atoms with Gasteiger partial charge in [0.05, 0.1) is 6.07 Å². The van der Waals surface area contributed by atoms with Gasteiger partial charge in [0.2, 0.25) is 0 Å². The zero-order valence-corrected chi connectivity index (χ0v) is 9.88. The highest BCUT2D eigenvalue weighted by molar-refractivity contribution is 9.10. The summed E-state index contributed by atoms with van der Waals surface area (Å²) in [5.74, 6) is 0. The third kappa shape index (κ3) is 3.13. The molecule has 0 aliphatic carbocycles. The normalized spacial score (nSPS) is 12.5. The lowest BCUT2D eigenvalue weighted by Gasteiger charge is -2.14. The molecule has 0 amide bonds. The Balaban J connectivity index is 2.85. The van der Waals surface area contributed by atoms with Crippen LogP contribution in [0.15, 0.2) is 28.7 Å². The van der Waals surface area contributed by atoms with Crippen LogP contribution in [0, 0.1) is 11.3 Å². The summed E-state index contributed by atoms with van der Waals surface area (Å²) in [5.41, 5.74) is 0.996. The van der Waals surface area contributed by atoms with E-state index in [0.717, 1.165) is 10.0 Å². The van der Waals surface area contributed by atoms with Crippen molar-refractivity contribution in [3.63, 3.8) is 0 Å². The number of benzene rings is 1. The molecule has 14 heavy (non-hydrogen) atoms. The van der Waals surface area contributed by atoms with E-state index in [2.05, 4.69) is 27.3 Å². The molecule has 0 spiro atoms. The number of halogens is 1. The second kappa shape index (κ2) is 5.14. The van der Waals surface area contributed by atoms with Crippen LogP contribution in [-0.4, -0.2) is 6.04 Å². The van der Waals surface area contributed by atoms with Crippen LogP contribution >= 0.6 is 15.9 Å². The van der Waals surface area contributed by atoms with Gasteiger partial charge in [-0.05, 0) is 31.5 Å². The second-order valence-electron chi connectivity index (χ2n) is 3.44. The zero-order valence-electron chi connectivity index (χ0n) is 8.29. The molecule has 2 nitrogen and oxygen atoms in total. The zero-order chi connectivity index (χ0) is 10.6. The summed E-state index contributed by atoms with van der Waals surface area (Å²) < 4.78 is 1.00. The molecule has 0 aromatic heterocycles. The molecule has 1 rings (SSSR count). The summed E-state index contributed by atoms with van der Waals surface area (Å²) in [4.78, 5) is 0. The average molecular weight is 253 g/mol. The Morgan fingerprint density at radius 1 is 1.43 bits per heavy atom. The van der Waals surface area contributed by atoms with E-state index in [0.29, 0.717) is 6.04 Å². The number of hydrogen-bond donors (Lipinski definition) is 1. The van der Waals surface area contributed by atoms with Crippen molar-refractivity contribution < 1.29 is 0 Å². The molecule has 1 atom stereocenters. The smallest absolute Gasteiger partial charge is 0.121 e. The Hall–Kier alpha value is -0.850. The van der Waals surface area contributed by atoms with E-state index in [-0.39, 0.29) is 6.04 Å². The van der Waals surface area contributed by atoms with Crippen LogP contribution in [0.5, 0.6) is 0 Å². The topological polar surface area (TPSA) is 35.8 Å². The van der Waals surface area contributed by atoms with Crippen molar-refractivity contribution in [1.82, 2.24) is 5.32 Å². The number of nitriles is 1. The van der Waals surface area contributed by atoms with E-state index in [1.54, 1.807) is 0 Å². The maximum atomic E-state index is 8.99. The number of hydrogen-bond acceptors (Lipinski definition) is 2. The minimum Gasteiger partial charge on any atom is -0.296 e. The first-order valence-electron chi connectivity index (χ1n) is 4.54. The van der Waals surface area contributed by atoms with Crippen LogP contribution < -0.4 is 5.32 Å². The van der Waals surface area contributed by atoms with Gasteiger partial charge in [0.1, 0.15) is 6.04 Å². The third-order valence-corrected chi connectivity index (χ3v) is 2.30. The number of rotatable bonds is 3. The molecule has 0 fully saturated rings. The van der Waals surface area contributed by atoms with Crippen LogP contribution in [0.25, 0.3) is 0 Å². The molecule has 1 aromatic rings. The van der Waals surface area contributed by atoms with Crippen molar-refractivity contribution in [2.24, 2.45) is 0 Å². The summed E-state index contributed by atoms with van der Waals surface area (Å²) in [6.07, 6.45) is 0. The first-order valence-corrected chi connectivity index (χ1v) is 5.34. The SMILES string of the molecule is CC(C)NC(C#N)c1cccc(Br)c1. The van der Waals surface area contributed by atoms with Crippen LogP contribution in [0.2, 0.25) is 0 Å². The van der Waals surface area contributed by atoms with Gasteiger partial charge in [-0.3, -0.25) is 5.32 Å². The predicted molar refractivity (Wildman–Crippen MR) is 60.8 cm³/mol. The van der Waals surface area contributed by atoms with E-state index in [1.165, 1.54) is 0 Å². The van der Waals surface area contributed by atoms with E-state index >= 15 is 0 Å². The fraction of sp³-hybridized carbons (Fsp3) is 0.364. The van der Waals surface area contributed by atoms with E-state index in [4.69, 9.17) is 5.26 Å². The van der Waals surface area contributed by atoms with Crippen LogP contribution in [0.3, 0.4) is 0 Å². The minimum absolute atomic E-state index is 0.229. The molecular formula is C11H13BrN2. The molecule has 0 radical (unpaired) electrons. The molecule has 0 heterocycles. The largest absolute Gasteiger partial charge is 0.296 e. The minimum atomic E-state index is -0.229. The molecular weight excluding hydrogens is 240 g/mol. The Bertz CT molecular complexity index is 341. The van der Waals surface area contributed by atoms with Crippen LogP contribution in [0.1, 0.15) is 25.5 Å². The molecule has 0 bridgehead atoms. The van der Waals surface area contributed by atoms with E-state index < -0.39 is 0 Å². The monoisotopic (exact) mass is 252 g/mol. The van der Waals surface area contributed by atoms with Gasteiger partial charge in [-0.2, -0.15) is 5.26 Å². The van der Waals surface area contributed by atoms with E-state index in [9.17, 15) is 0 Å². The van der Waals surface area contributed by atoms with Gasteiger partial charge < -0.3 is 0 Å². The summed E-state index contributed by atoms with van der Waals surface area (Å²) >= 11 is 3.39. The van der Waals surface area contributed by atoms with Gasteiger partial charge in [0, 0.05) is 10.5 Å². The quantitative estimate of drug-likeness (QED) is 0.898. The fourth-order valence-electron chi connectivity index (χ4n) is 1.23. The standard InChI is InChI=1S/C11H13BrN2/c1-8(2)14-11(7-13)9-4-3-5-10(12)6-9/h3-6,8,11,14H,1-2H3.